The molecule has 2 N–H and O–H groups in total. The first-order chi connectivity index (χ1) is 7.16. The molecular weight excluding hydrogens is 200 g/mol. The molecule has 0 saturated carbocycles. The third kappa shape index (κ3) is 2.76. The first-order valence-electron chi connectivity index (χ1n) is 4.62. The van der Waals surface area contributed by atoms with Crippen LogP contribution in [-0.2, 0) is 0 Å². The smallest absolute Gasteiger partial charge is 0.364 e. The van der Waals surface area contributed by atoms with Crippen LogP contribution in [0.3, 0.4) is 0 Å². The maximum Gasteiger partial charge on any atom is 0.375 e. The Bertz CT molecular complexity index is 401. The standard InChI is InChI=1S/C8H12N4O3/c1-2-3-4-9-7-6(12(14)15)8(13)11-5-10-7/h5H,2-4H2,1H3,(H2,9,10,11,13). The number of aromatic amines is 1. The molecule has 0 aromatic carbocycles. The molecule has 0 amide bonds. The molecule has 0 bridgehead atoms. The molecule has 1 rings (SSSR count). The Morgan fingerprint density at radius 3 is 3.00 bits per heavy atom. The van der Waals surface area contributed by atoms with Gasteiger partial charge in [0.25, 0.3) is 0 Å². The number of nitrogens with one attached hydrogen (secondary N) is 2. The summed E-state index contributed by atoms with van der Waals surface area (Å²) in [5.74, 6) is 0.0252. The fraction of sp³-hybridized carbons (Fsp3) is 0.500. The van der Waals surface area contributed by atoms with Gasteiger partial charge in [0.1, 0.15) is 0 Å². The van der Waals surface area contributed by atoms with Crippen LogP contribution in [0.25, 0.3) is 0 Å². The lowest BCUT2D eigenvalue weighted by Gasteiger charge is -2.03. The number of aromatic nitrogens is 2. The summed E-state index contributed by atoms with van der Waals surface area (Å²) in [5.41, 5.74) is -1.28. The van der Waals surface area contributed by atoms with Gasteiger partial charge in [-0.3, -0.25) is 14.9 Å². The molecule has 1 heterocycles. The van der Waals surface area contributed by atoms with E-state index >= 15 is 0 Å². The maximum absolute atomic E-state index is 11.1. The van der Waals surface area contributed by atoms with Gasteiger partial charge in [-0.05, 0) is 6.42 Å². The van der Waals surface area contributed by atoms with E-state index in [2.05, 4.69) is 15.3 Å². The van der Waals surface area contributed by atoms with Gasteiger partial charge in [0.2, 0.25) is 5.82 Å². The molecule has 0 atom stereocenters. The molecule has 0 aliphatic heterocycles. The first kappa shape index (κ1) is 11.2. The number of unbranched alkanes of at least 4 members (excludes halogenated alkanes) is 1. The van der Waals surface area contributed by atoms with Crippen LogP contribution in [0.15, 0.2) is 11.1 Å². The van der Waals surface area contributed by atoms with Crippen LogP contribution in [-0.4, -0.2) is 21.4 Å². The fourth-order valence-electron chi connectivity index (χ4n) is 1.07. The summed E-state index contributed by atoms with van der Waals surface area (Å²) in [6.07, 6.45) is 2.97. The van der Waals surface area contributed by atoms with E-state index < -0.39 is 16.2 Å². The van der Waals surface area contributed by atoms with Crippen molar-refractivity contribution in [2.45, 2.75) is 19.8 Å². The molecule has 1 aromatic rings. The SMILES string of the molecule is CCCCNc1nc[nH]c(=O)c1[N+](=O)[O-]. The van der Waals surface area contributed by atoms with E-state index in [1.807, 2.05) is 6.92 Å². The number of nitro groups is 1. The summed E-state index contributed by atoms with van der Waals surface area (Å²) in [6, 6.07) is 0. The van der Waals surface area contributed by atoms with Gasteiger partial charge in [-0.25, -0.2) is 4.98 Å². The van der Waals surface area contributed by atoms with Gasteiger partial charge in [-0.15, -0.1) is 0 Å². The Morgan fingerprint density at radius 2 is 2.40 bits per heavy atom. The van der Waals surface area contributed by atoms with Crippen molar-refractivity contribution in [1.82, 2.24) is 9.97 Å². The highest BCUT2D eigenvalue weighted by Gasteiger charge is 2.19. The average Bonchev–Trinajstić information content (AvgIpc) is 2.17. The Kier molecular flexibility index (Phi) is 3.78. The Hall–Kier alpha value is -1.92. The van der Waals surface area contributed by atoms with E-state index in [0.717, 1.165) is 19.2 Å². The van der Waals surface area contributed by atoms with Crippen molar-refractivity contribution in [3.63, 3.8) is 0 Å². The van der Waals surface area contributed by atoms with Crippen LogP contribution in [0.1, 0.15) is 19.8 Å². The van der Waals surface area contributed by atoms with Gasteiger partial charge in [-0.2, -0.15) is 0 Å². The zero-order valence-electron chi connectivity index (χ0n) is 8.32. The van der Waals surface area contributed by atoms with Gasteiger partial charge in [0.15, 0.2) is 0 Å². The fourth-order valence-corrected chi connectivity index (χ4v) is 1.07. The Balaban J connectivity index is 2.91. The van der Waals surface area contributed by atoms with Crippen LogP contribution in [0, 0.1) is 10.1 Å². The summed E-state index contributed by atoms with van der Waals surface area (Å²) in [7, 11) is 0. The van der Waals surface area contributed by atoms with Crippen molar-refractivity contribution < 1.29 is 4.92 Å². The number of anilines is 1. The van der Waals surface area contributed by atoms with E-state index in [1.54, 1.807) is 0 Å². The number of rotatable bonds is 5. The monoisotopic (exact) mass is 212 g/mol. The first-order valence-corrected chi connectivity index (χ1v) is 4.62. The molecule has 0 unspecified atom stereocenters. The molecule has 0 saturated heterocycles. The molecule has 7 nitrogen and oxygen atoms in total. The quantitative estimate of drug-likeness (QED) is 0.428. The lowest BCUT2D eigenvalue weighted by atomic mass is 10.3. The van der Waals surface area contributed by atoms with E-state index in [-0.39, 0.29) is 5.82 Å². The maximum atomic E-state index is 11.1. The summed E-state index contributed by atoms with van der Waals surface area (Å²) in [4.78, 5) is 26.9. The van der Waals surface area contributed by atoms with Crippen molar-refractivity contribution >= 4 is 11.5 Å². The van der Waals surface area contributed by atoms with Crippen molar-refractivity contribution in [2.75, 3.05) is 11.9 Å². The van der Waals surface area contributed by atoms with Gasteiger partial charge < -0.3 is 10.3 Å². The lowest BCUT2D eigenvalue weighted by molar-refractivity contribution is -0.385. The van der Waals surface area contributed by atoms with Gasteiger partial charge >= 0.3 is 11.2 Å². The minimum Gasteiger partial charge on any atom is -0.364 e. The highest BCUT2D eigenvalue weighted by molar-refractivity contribution is 5.53. The second kappa shape index (κ2) is 5.08. The third-order valence-corrected chi connectivity index (χ3v) is 1.83. The molecule has 0 spiro atoms. The van der Waals surface area contributed by atoms with Crippen molar-refractivity contribution in [2.24, 2.45) is 0 Å². The molecule has 1 aromatic heterocycles. The zero-order valence-corrected chi connectivity index (χ0v) is 8.32. The van der Waals surface area contributed by atoms with Crippen LogP contribution in [0.4, 0.5) is 11.5 Å². The molecule has 0 aliphatic rings. The van der Waals surface area contributed by atoms with Crippen LogP contribution < -0.4 is 10.9 Å². The predicted octanol–water partition coefficient (Wildman–Crippen LogP) is 0.890. The Labute approximate surface area is 85.7 Å². The van der Waals surface area contributed by atoms with Crippen LogP contribution in [0.2, 0.25) is 0 Å². The lowest BCUT2D eigenvalue weighted by Crippen LogP contribution is -2.16. The number of hydrogen-bond donors (Lipinski definition) is 2. The largest absolute Gasteiger partial charge is 0.375 e. The molecule has 0 radical (unpaired) electrons. The van der Waals surface area contributed by atoms with E-state index in [9.17, 15) is 14.9 Å². The average molecular weight is 212 g/mol. The topological polar surface area (TPSA) is 101 Å². The Morgan fingerprint density at radius 1 is 1.67 bits per heavy atom. The van der Waals surface area contributed by atoms with Gasteiger partial charge in [0, 0.05) is 6.54 Å². The molecular formula is C8H12N4O3. The minimum absolute atomic E-state index is 0.0252. The minimum atomic E-state index is -0.742. The van der Waals surface area contributed by atoms with Crippen molar-refractivity contribution in [3.05, 3.63) is 26.8 Å². The van der Waals surface area contributed by atoms with Crippen molar-refractivity contribution in [1.29, 1.82) is 0 Å². The molecule has 15 heavy (non-hydrogen) atoms. The van der Waals surface area contributed by atoms with Crippen LogP contribution in [0.5, 0.6) is 0 Å². The molecule has 0 fully saturated rings. The second-order valence-corrected chi connectivity index (χ2v) is 2.97. The van der Waals surface area contributed by atoms with Gasteiger partial charge in [0.05, 0.1) is 11.3 Å². The number of H-pyrrole nitrogens is 1. The van der Waals surface area contributed by atoms with E-state index in [0.29, 0.717) is 6.54 Å². The zero-order chi connectivity index (χ0) is 11.3. The molecule has 7 heteroatoms. The summed E-state index contributed by atoms with van der Waals surface area (Å²) in [5, 5.41) is 13.3. The van der Waals surface area contributed by atoms with E-state index in [1.165, 1.54) is 0 Å². The summed E-state index contributed by atoms with van der Waals surface area (Å²) in [6.45, 7) is 2.56. The van der Waals surface area contributed by atoms with Gasteiger partial charge in [-0.1, -0.05) is 13.3 Å². The summed E-state index contributed by atoms with van der Waals surface area (Å²) >= 11 is 0. The normalized spacial score (nSPS) is 9.93. The number of nitrogens with zero attached hydrogens (tertiary/aromatic N) is 2. The predicted molar refractivity (Wildman–Crippen MR) is 54.9 cm³/mol. The van der Waals surface area contributed by atoms with Crippen molar-refractivity contribution in [3.8, 4) is 0 Å². The highest BCUT2D eigenvalue weighted by atomic mass is 16.6. The molecule has 0 aliphatic carbocycles. The molecule has 82 valence electrons. The number of hydrogen-bond acceptors (Lipinski definition) is 5. The second-order valence-electron chi connectivity index (χ2n) is 2.97. The van der Waals surface area contributed by atoms with E-state index in [4.69, 9.17) is 0 Å². The highest BCUT2D eigenvalue weighted by Crippen LogP contribution is 2.14. The van der Waals surface area contributed by atoms with Crippen LogP contribution >= 0.6 is 0 Å². The summed E-state index contributed by atoms with van der Waals surface area (Å²) < 4.78 is 0. The third-order valence-electron chi connectivity index (χ3n) is 1.83.